The fraction of sp³-hybridized carbons (Fsp3) is 0.700. The Kier molecular flexibility index (Phi) is 2.90. The third-order valence-electron chi connectivity index (χ3n) is 6.53. The minimum absolute atomic E-state index is 0.102. The standard InChI is InChI=1S/C20H28O2/c1-19(2,3)15-7-16(18(22)8-17(15)21)20-9-12-4-13(10-20)6-14(5-12)11-20/h7-8,12-14,21-22H,4-6,9-11H2,1-3H3. The molecule has 0 radical (unpaired) electrons. The first-order valence-electron chi connectivity index (χ1n) is 8.84. The van der Waals surface area contributed by atoms with E-state index >= 15 is 0 Å². The maximum Gasteiger partial charge on any atom is 0.123 e. The highest BCUT2D eigenvalue weighted by Crippen LogP contribution is 2.62. The van der Waals surface area contributed by atoms with E-state index in [-0.39, 0.29) is 16.6 Å². The number of benzene rings is 1. The third-order valence-corrected chi connectivity index (χ3v) is 6.53. The summed E-state index contributed by atoms with van der Waals surface area (Å²) in [5.41, 5.74) is 2.16. The van der Waals surface area contributed by atoms with Crippen molar-refractivity contribution in [3.05, 3.63) is 23.3 Å². The zero-order valence-electron chi connectivity index (χ0n) is 14.0. The number of hydrogen-bond donors (Lipinski definition) is 2. The van der Waals surface area contributed by atoms with Crippen LogP contribution in [0.25, 0.3) is 0 Å². The van der Waals surface area contributed by atoms with Crippen molar-refractivity contribution in [2.75, 3.05) is 0 Å². The average Bonchev–Trinajstić information content (AvgIpc) is 2.34. The number of rotatable bonds is 1. The average molecular weight is 300 g/mol. The summed E-state index contributed by atoms with van der Waals surface area (Å²) in [5.74, 6) is 3.12. The molecule has 4 saturated carbocycles. The van der Waals surface area contributed by atoms with Crippen molar-refractivity contribution in [1.82, 2.24) is 0 Å². The topological polar surface area (TPSA) is 40.5 Å². The van der Waals surface area contributed by atoms with Crippen LogP contribution >= 0.6 is 0 Å². The van der Waals surface area contributed by atoms with Crippen molar-refractivity contribution in [3.8, 4) is 11.5 Å². The minimum Gasteiger partial charge on any atom is -0.508 e. The second kappa shape index (κ2) is 4.43. The molecule has 0 saturated heterocycles. The molecule has 4 bridgehead atoms. The second-order valence-electron chi connectivity index (χ2n) is 9.33. The monoisotopic (exact) mass is 300 g/mol. The Labute approximate surface area is 133 Å². The molecule has 4 fully saturated rings. The van der Waals surface area contributed by atoms with Crippen LogP contribution in [-0.2, 0) is 10.8 Å². The van der Waals surface area contributed by atoms with Gasteiger partial charge in [0.15, 0.2) is 0 Å². The molecule has 0 spiro atoms. The van der Waals surface area contributed by atoms with Crippen LogP contribution in [0.4, 0.5) is 0 Å². The SMILES string of the molecule is CC(C)(C)c1cc(C23CC4CC(CC(C4)C2)C3)c(O)cc1O. The predicted octanol–water partition coefficient (Wildman–Crippen LogP) is 4.86. The summed E-state index contributed by atoms with van der Waals surface area (Å²) in [7, 11) is 0. The van der Waals surface area contributed by atoms with Gasteiger partial charge in [0.25, 0.3) is 0 Å². The van der Waals surface area contributed by atoms with Crippen LogP contribution < -0.4 is 0 Å². The molecule has 0 atom stereocenters. The maximum atomic E-state index is 10.6. The van der Waals surface area contributed by atoms with Gasteiger partial charge in [-0.15, -0.1) is 0 Å². The van der Waals surface area contributed by atoms with Gasteiger partial charge in [-0.2, -0.15) is 0 Å². The van der Waals surface area contributed by atoms with Crippen LogP contribution in [0.1, 0.15) is 70.4 Å². The van der Waals surface area contributed by atoms with E-state index in [2.05, 4.69) is 26.8 Å². The molecule has 0 amide bonds. The van der Waals surface area contributed by atoms with Crippen molar-refractivity contribution < 1.29 is 10.2 Å². The largest absolute Gasteiger partial charge is 0.508 e. The van der Waals surface area contributed by atoms with E-state index in [9.17, 15) is 10.2 Å². The van der Waals surface area contributed by atoms with Gasteiger partial charge in [-0.05, 0) is 78.7 Å². The Morgan fingerprint density at radius 3 is 1.82 bits per heavy atom. The first-order valence-corrected chi connectivity index (χ1v) is 8.84. The van der Waals surface area contributed by atoms with Gasteiger partial charge in [0.05, 0.1) is 0 Å². The lowest BCUT2D eigenvalue weighted by Gasteiger charge is -2.57. The summed E-state index contributed by atoms with van der Waals surface area (Å²) in [6, 6.07) is 3.71. The van der Waals surface area contributed by atoms with E-state index in [1.54, 1.807) is 6.07 Å². The highest BCUT2D eigenvalue weighted by atomic mass is 16.3. The molecular weight excluding hydrogens is 272 g/mol. The molecule has 4 aliphatic rings. The molecule has 2 nitrogen and oxygen atoms in total. The van der Waals surface area contributed by atoms with Crippen LogP contribution in [0, 0.1) is 17.8 Å². The predicted molar refractivity (Wildman–Crippen MR) is 88.3 cm³/mol. The Bertz CT molecular complexity index is 574. The van der Waals surface area contributed by atoms with E-state index < -0.39 is 0 Å². The van der Waals surface area contributed by atoms with Gasteiger partial charge >= 0.3 is 0 Å². The van der Waals surface area contributed by atoms with Gasteiger partial charge in [0.2, 0.25) is 0 Å². The second-order valence-corrected chi connectivity index (χ2v) is 9.33. The third kappa shape index (κ3) is 2.06. The van der Waals surface area contributed by atoms with Gasteiger partial charge in [0, 0.05) is 11.6 Å². The van der Waals surface area contributed by atoms with Crippen LogP contribution in [0.3, 0.4) is 0 Å². The molecule has 0 heterocycles. The molecule has 22 heavy (non-hydrogen) atoms. The lowest BCUT2D eigenvalue weighted by molar-refractivity contribution is -0.00621. The Morgan fingerprint density at radius 2 is 1.36 bits per heavy atom. The molecule has 4 aliphatic carbocycles. The first kappa shape index (κ1) is 14.4. The van der Waals surface area contributed by atoms with E-state index in [1.165, 1.54) is 38.5 Å². The van der Waals surface area contributed by atoms with Gasteiger partial charge in [-0.3, -0.25) is 0 Å². The zero-order valence-corrected chi connectivity index (χ0v) is 14.0. The summed E-state index contributed by atoms with van der Waals surface area (Å²) < 4.78 is 0. The van der Waals surface area contributed by atoms with Crippen LogP contribution in [0.15, 0.2) is 12.1 Å². The Balaban J connectivity index is 1.82. The van der Waals surface area contributed by atoms with E-state index in [0.717, 1.165) is 28.9 Å². The Hall–Kier alpha value is -1.18. The van der Waals surface area contributed by atoms with Gasteiger partial charge in [0.1, 0.15) is 11.5 Å². The molecule has 120 valence electrons. The van der Waals surface area contributed by atoms with Crippen molar-refractivity contribution in [3.63, 3.8) is 0 Å². The molecule has 2 N–H and O–H groups in total. The maximum absolute atomic E-state index is 10.6. The zero-order chi connectivity index (χ0) is 15.7. The van der Waals surface area contributed by atoms with E-state index in [0.29, 0.717) is 5.75 Å². The highest BCUT2D eigenvalue weighted by Gasteiger charge is 2.52. The smallest absolute Gasteiger partial charge is 0.123 e. The number of aromatic hydroxyl groups is 2. The van der Waals surface area contributed by atoms with Gasteiger partial charge < -0.3 is 10.2 Å². The molecule has 1 aromatic rings. The molecule has 0 aromatic heterocycles. The summed E-state index contributed by atoms with van der Waals surface area (Å²) in [6.07, 6.45) is 7.93. The summed E-state index contributed by atoms with van der Waals surface area (Å²) in [6.45, 7) is 6.38. The fourth-order valence-corrected chi connectivity index (χ4v) is 6.04. The number of hydrogen-bond acceptors (Lipinski definition) is 2. The molecule has 0 aliphatic heterocycles. The van der Waals surface area contributed by atoms with Crippen molar-refractivity contribution in [2.24, 2.45) is 17.8 Å². The number of phenols is 2. The Morgan fingerprint density at radius 1 is 0.864 bits per heavy atom. The quantitative estimate of drug-likeness (QED) is 0.777. The minimum atomic E-state index is -0.102. The molecular formula is C20H28O2. The molecule has 5 rings (SSSR count). The lowest BCUT2D eigenvalue weighted by atomic mass is 9.48. The molecule has 1 aromatic carbocycles. The van der Waals surface area contributed by atoms with Crippen LogP contribution in [0.5, 0.6) is 11.5 Å². The van der Waals surface area contributed by atoms with Crippen LogP contribution in [0.2, 0.25) is 0 Å². The molecule has 0 unspecified atom stereocenters. The number of phenolic OH excluding ortho intramolecular Hbond substituents is 2. The van der Waals surface area contributed by atoms with E-state index in [4.69, 9.17) is 0 Å². The lowest BCUT2D eigenvalue weighted by Crippen LogP contribution is -2.48. The summed E-state index contributed by atoms with van der Waals surface area (Å²) in [4.78, 5) is 0. The highest BCUT2D eigenvalue weighted by molar-refractivity contribution is 5.51. The van der Waals surface area contributed by atoms with Crippen molar-refractivity contribution >= 4 is 0 Å². The van der Waals surface area contributed by atoms with Crippen LogP contribution in [-0.4, -0.2) is 10.2 Å². The summed E-state index contributed by atoms with van der Waals surface area (Å²) in [5, 5.41) is 20.9. The fourth-order valence-electron chi connectivity index (χ4n) is 6.04. The van der Waals surface area contributed by atoms with Gasteiger partial charge in [-0.25, -0.2) is 0 Å². The van der Waals surface area contributed by atoms with Gasteiger partial charge in [-0.1, -0.05) is 20.8 Å². The first-order chi connectivity index (χ1) is 10.3. The van der Waals surface area contributed by atoms with E-state index in [1.807, 2.05) is 0 Å². The normalized spacial score (nSPS) is 36.8. The van der Waals surface area contributed by atoms with Crippen molar-refractivity contribution in [1.29, 1.82) is 0 Å². The van der Waals surface area contributed by atoms with Crippen molar-refractivity contribution in [2.45, 2.75) is 70.1 Å². The summed E-state index contributed by atoms with van der Waals surface area (Å²) >= 11 is 0. The molecule has 2 heteroatoms.